The fraction of sp³-hybridized carbons (Fsp3) is 0.154. The molecule has 1 aromatic carbocycles. The van der Waals surface area contributed by atoms with E-state index >= 15 is 0 Å². The SMILES string of the molecule is Cc1cc(N)cc(C(=O)NCc2ccc(Br)s2)c1F. The van der Waals surface area contributed by atoms with Gasteiger partial charge in [0.2, 0.25) is 0 Å². The van der Waals surface area contributed by atoms with Gasteiger partial charge >= 0.3 is 0 Å². The first kappa shape index (κ1) is 14.0. The van der Waals surface area contributed by atoms with E-state index in [2.05, 4.69) is 21.2 Å². The second-order valence-corrected chi connectivity index (χ2v) is 6.64. The molecule has 2 rings (SSSR count). The minimum atomic E-state index is -0.529. The lowest BCUT2D eigenvalue weighted by atomic mass is 10.1. The van der Waals surface area contributed by atoms with E-state index in [1.807, 2.05) is 12.1 Å². The molecule has 0 aliphatic carbocycles. The molecule has 0 spiro atoms. The number of benzene rings is 1. The Morgan fingerprint density at radius 2 is 2.21 bits per heavy atom. The van der Waals surface area contributed by atoms with Crippen LogP contribution in [0.3, 0.4) is 0 Å². The molecule has 1 heterocycles. The van der Waals surface area contributed by atoms with Crippen molar-refractivity contribution in [2.24, 2.45) is 0 Å². The van der Waals surface area contributed by atoms with Crippen molar-refractivity contribution < 1.29 is 9.18 Å². The summed E-state index contributed by atoms with van der Waals surface area (Å²) >= 11 is 4.86. The summed E-state index contributed by atoms with van der Waals surface area (Å²) in [4.78, 5) is 12.9. The predicted octanol–water partition coefficient (Wildman–Crippen LogP) is 3.47. The Bertz CT molecular complexity index is 627. The number of carbonyl (C=O) groups excluding carboxylic acids is 1. The number of nitrogens with one attached hydrogen (secondary N) is 1. The summed E-state index contributed by atoms with van der Waals surface area (Å²) in [7, 11) is 0. The monoisotopic (exact) mass is 342 g/mol. The van der Waals surface area contributed by atoms with Gasteiger partial charge in [0.15, 0.2) is 0 Å². The Balaban J connectivity index is 2.12. The molecule has 0 unspecified atom stereocenters. The Kier molecular flexibility index (Phi) is 4.21. The van der Waals surface area contributed by atoms with E-state index in [-0.39, 0.29) is 5.56 Å². The van der Waals surface area contributed by atoms with Crippen molar-refractivity contribution in [1.29, 1.82) is 0 Å². The van der Waals surface area contributed by atoms with Crippen LogP contribution in [0.15, 0.2) is 28.1 Å². The Morgan fingerprint density at radius 3 is 2.84 bits per heavy atom. The molecule has 6 heteroatoms. The normalized spacial score (nSPS) is 10.5. The second kappa shape index (κ2) is 5.71. The van der Waals surface area contributed by atoms with Gasteiger partial charge < -0.3 is 11.1 Å². The number of carbonyl (C=O) groups is 1. The number of thiophene rings is 1. The summed E-state index contributed by atoms with van der Waals surface area (Å²) in [5.74, 6) is -0.989. The molecule has 0 fully saturated rings. The highest BCUT2D eigenvalue weighted by molar-refractivity contribution is 9.11. The summed E-state index contributed by atoms with van der Waals surface area (Å²) in [6.45, 7) is 1.95. The topological polar surface area (TPSA) is 55.1 Å². The Hall–Kier alpha value is -1.40. The van der Waals surface area contributed by atoms with Crippen LogP contribution in [-0.4, -0.2) is 5.91 Å². The maximum absolute atomic E-state index is 13.8. The summed E-state index contributed by atoms with van der Waals surface area (Å²) in [5.41, 5.74) is 6.35. The van der Waals surface area contributed by atoms with E-state index in [0.29, 0.717) is 17.8 Å². The minimum Gasteiger partial charge on any atom is -0.399 e. The summed E-state index contributed by atoms with van der Waals surface area (Å²) < 4.78 is 14.8. The third-order valence-corrected chi connectivity index (χ3v) is 4.20. The number of hydrogen-bond donors (Lipinski definition) is 2. The van der Waals surface area contributed by atoms with Crippen LogP contribution in [0.2, 0.25) is 0 Å². The molecule has 19 heavy (non-hydrogen) atoms. The van der Waals surface area contributed by atoms with Crippen molar-refractivity contribution in [3.8, 4) is 0 Å². The first-order valence-electron chi connectivity index (χ1n) is 5.55. The molecule has 0 radical (unpaired) electrons. The first-order chi connectivity index (χ1) is 8.97. The lowest BCUT2D eigenvalue weighted by molar-refractivity contribution is 0.0947. The number of aryl methyl sites for hydroxylation is 1. The average Bonchev–Trinajstić information content (AvgIpc) is 2.76. The third kappa shape index (κ3) is 3.33. The van der Waals surface area contributed by atoms with Crippen LogP contribution in [0.4, 0.5) is 10.1 Å². The quantitative estimate of drug-likeness (QED) is 0.839. The summed E-state index contributed by atoms with van der Waals surface area (Å²) in [6, 6.07) is 6.65. The summed E-state index contributed by atoms with van der Waals surface area (Å²) in [5, 5.41) is 2.68. The molecule has 1 amide bonds. The molecule has 0 aliphatic rings. The van der Waals surface area contributed by atoms with Crippen LogP contribution >= 0.6 is 27.3 Å². The van der Waals surface area contributed by atoms with E-state index in [9.17, 15) is 9.18 Å². The standard InChI is InChI=1S/C13H12BrFN2OS/c1-7-4-8(16)5-10(12(7)15)13(18)17-6-9-2-3-11(14)19-9/h2-5H,6,16H2,1H3,(H,17,18). The second-order valence-electron chi connectivity index (χ2n) is 4.09. The fourth-order valence-electron chi connectivity index (χ4n) is 1.67. The summed E-state index contributed by atoms with van der Waals surface area (Å²) in [6.07, 6.45) is 0. The minimum absolute atomic E-state index is 0.0203. The van der Waals surface area contributed by atoms with E-state index in [1.165, 1.54) is 23.5 Å². The van der Waals surface area contributed by atoms with Crippen LogP contribution in [0, 0.1) is 12.7 Å². The maximum Gasteiger partial charge on any atom is 0.254 e. The van der Waals surface area contributed by atoms with Gasteiger partial charge in [-0.05, 0) is 52.7 Å². The number of hydrogen-bond acceptors (Lipinski definition) is 3. The van der Waals surface area contributed by atoms with Crippen LogP contribution < -0.4 is 11.1 Å². The molecule has 0 saturated heterocycles. The van der Waals surface area contributed by atoms with Gasteiger partial charge in [0.25, 0.3) is 5.91 Å². The van der Waals surface area contributed by atoms with E-state index in [1.54, 1.807) is 6.92 Å². The van der Waals surface area contributed by atoms with Gasteiger partial charge in [-0.1, -0.05) is 0 Å². The van der Waals surface area contributed by atoms with Crippen molar-refractivity contribution in [3.05, 3.63) is 49.9 Å². The van der Waals surface area contributed by atoms with Gasteiger partial charge in [-0.3, -0.25) is 4.79 Å². The lowest BCUT2D eigenvalue weighted by Crippen LogP contribution is -2.23. The van der Waals surface area contributed by atoms with Crippen molar-refractivity contribution in [2.75, 3.05) is 5.73 Å². The van der Waals surface area contributed by atoms with Crippen molar-refractivity contribution in [2.45, 2.75) is 13.5 Å². The number of anilines is 1. The number of halogens is 2. The number of nitrogen functional groups attached to an aromatic ring is 1. The zero-order chi connectivity index (χ0) is 14.0. The van der Waals surface area contributed by atoms with Gasteiger partial charge in [-0.15, -0.1) is 11.3 Å². The van der Waals surface area contributed by atoms with Gasteiger partial charge in [-0.2, -0.15) is 0 Å². The number of amides is 1. The molecule has 0 atom stereocenters. The largest absolute Gasteiger partial charge is 0.399 e. The fourth-order valence-corrected chi connectivity index (χ4v) is 3.09. The third-order valence-electron chi connectivity index (χ3n) is 2.57. The highest BCUT2D eigenvalue weighted by Crippen LogP contribution is 2.22. The zero-order valence-corrected chi connectivity index (χ0v) is 12.6. The Labute approximate surface area is 122 Å². The van der Waals surface area contributed by atoms with Gasteiger partial charge in [0.05, 0.1) is 15.9 Å². The zero-order valence-electron chi connectivity index (χ0n) is 10.2. The van der Waals surface area contributed by atoms with Crippen molar-refractivity contribution in [1.82, 2.24) is 5.32 Å². The molecule has 2 aromatic rings. The van der Waals surface area contributed by atoms with Gasteiger partial charge in [-0.25, -0.2) is 4.39 Å². The van der Waals surface area contributed by atoms with Crippen LogP contribution in [0.5, 0.6) is 0 Å². The maximum atomic E-state index is 13.8. The lowest BCUT2D eigenvalue weighted by Gasteiger charge is -2.08. The Morgan fingerprint density at radius 1 is 1.47 bits per heavy atom. The first-order valence-corrected chi connectivity index (χ1v) is 7.16. The van der Waals surface area contributed by atoms with Crippen molar-refractivity contribution in [3.63, 3.8) is 0 Å². The molecule has 0 bridgehead atoms. The number of nitrogens with two attached hydrogens (primary N) is 1. The van der Waals surface area contributed by atoms with Gasteiger partial charge in [0.1, 0.15) is 5.82 Å². The molecule has 0 saturated carbocycles. The smallest absolute Gasteiger partial charge is 0.254 e. The molecule has 3 N–H and O–H groups in total. The van der Waals surface area contributed by atoms with Crippen LogP contribution in [0.25, 0.3) is 0 Å². The van der Waals surface area contributed by atoms with Crippen molar-refractivity contribution >= 4 is 38.9 Å². The molecule has 0 aliphatic heterocycles. The van der Waals surface area contributed by atoms with Gasteiger partial charge in [0, 0.05) is 10.6 Å². The predicted molar refractivity (Wildman–Crippen MR) is 78.7 cm³/mol. The van der Waals surface area contributed by atoms with Crippen LogP contribution in [-0.2, 0) is 6.54 Å². The van der Waals surface area contributed by atoms with E-state index < -0.39 is 11.7 Å². The van der Waals surface area contributed by atoms with E-state index in [0.717, 1.165) is 8.66 Å². The molecular formula is C13H12BrFN2OS. The highest BCUT2D eigenvalue weighted by Gasteiger charge is 2.14. The van der Waals surface area contributed by atoms with Crippen LogP contribution in [0.1, 0.15) is 20.8 Å². The number of rotatable bonds is 3. The molecule has 3 nitrogen and oxygen atoms in total. The van der Waals surface area contributed by atoms with E-state index in [4.69, 9.17) is 5.73 Å². The average molecular weight is 343 g/mol. The molecule has 100 valence electrons. The highest BCUT2D eigenvalue weighted by atomic mass is 79.9. The molecular weight excluding hydrogens is 331 g/mol. The molecule has 1 aromatic heterocycles.